The summed E-state index contributed by atoms with van der Waals surface area (Å²) in [6, 6.07) is 10.3. The normalized spacial score (nSPS) is 13.4. The molecule has 6 nitrogen and oxygen atoms in total. The van der Waals surface area contributed by atoms with Crippen molar-refractivity contribution in [3.05, 3.63) is 70.1 Å². The molecule has 1 aliphatic rings. The van der Waals surface area contributed by atoms with Gasteiger partial charge in [-0.25, -0.2) is 9.18 Å². The number of aromatic nitrogens is 1. The van der Waals surface area contributed by atoms with Gasteiger partial charge in [0, 0.05) is 5.39 Å². The molecule has 1 aromatic heterocycles. The van der Waals surface area contributed by atoms with Crippen LogP contribution in [0, 0.1) is 5.82 Å². The molecule has 124 valence electrons. The van der Waals surface area contributed by atoms with E-state index < -0.39 is 23.6 Å². The van der Waals surface area contributed by atoms with Crippen molar-refractivity contribution < 1.29 is 23.6 Å². The highest BCUT2D eigenvalue weighted by Gasteiger charge is 2.39. The second-order valence-corrected chi connectivity index (χ2v) is 5.74. The van der Waals surface area contributed by atoms with Crippen molar-refractivity contribution in [1.29, 1.82) is 0 Å². The van der Waals surface area contributed by atoms with E-state index in [-0.39, 0.29) is 27.4 Å². The van der Waals surface area contributed by atoms with E-state index in [1.807, 2.05) is 0 Å². The monoisotopic (exact) mass is 358 g/mol. The van der Waals surface area contributed by atoms with Crippen LogP contribution in [0.3, 0.4) is 0 Å². The molecule has 1 N–H and O–H groups in total. The molecule has 0 saturated heterocycles. The topological polar surface area (TPSA) is 79.5 Å². The van der Waals surface area contributed by atoms with E-state index in [2.05, 4.69) is 4.98 Å². The average molecular weight is 359 g/mol. The quantitative estimate of drug-likeness (QED) is 0.713. The van der Waals surface area contributed by atoms with Crippen molar-refractivity contribution >= 4 is 40.3 Å². The van der Waals surface area contributed by atoms with Gasteiger partial charge in [-0.2, -0.15) is 0 Å². The average Bonchev–Trinajstić information content (AvgIpc) is 3.15. The van der Waals surface area contributed by atoms with Crippen molar-refractivity contribution in [2.75, 3.05) is 0 Å². The van der Waals surface area contributed by atoms with Gasteiger partial charge in [0.15, 0.2) is 5.82 Å². The lowest BCUT2D eigenvalue weighted by molar-refractivity contribution is -0.0587. The number of hydroxylamine groups is 2. The number of benzene rings is 2. The second kappa shape index (κ2) is 5.42. The van der Waals surface area contributed by atoms with Crippen molar-refractivity contribution in [3.8, 4) is 0 Å². The third-order valence-corrected chi connectivity index (χ3v) is 4.13. The van der Waals surface area contributed by atoms with Crippen LogP contribution in [0.5, 0.6) is 0 Å². The molecular weight excluding hydrogens is 351 g/mol. The highest BCUT2D eigenvalue weighted by Crippen LogP contribution is 2.26. The Hall–Kier alpha value is -3.19. The minimum atomic E-state index is -0.999. The van der Waals surface area contributed by atoms with Crippen LogP contribution in [0.15, 0.2) is 42.5 Å². The first kappa shape index (κ1) is 15.3. The highest BCUT2D eigenvalue weighted by molar-refractivity contribution is 6.31. The fourth-order valence-electron chi connectivity index (χ4n) is 2.63. The van der Waals surface area contributed by atoms with E-state index in [4.69, 9.17) is 16.4 Å². The van der Waals surface area contributed by atoms with Gasteiger partial charge in [0.2, 0.25) is 0 Å². The van der Waals surface area contributed by atoms with Crippen LogP contribution < -0.4 is 0 Å². The molecule has 1 aliphatic heterocycles. The molecule has 2 heterocycles. The smallest absolute Gasteiger partial charge is 0.347 e. The number of imide groups is 1. The van der Waals surface area contributed by atoms with Gasteiger partial charge in [-0.1, -0.05) is 34.9 Å². The summed E-state index contributed by atoms with van der Waals surface area (Å²) in [5.41, 5.74) is 0.207. The molecule has 0 radical (unpaired) electrons. The minimum Gasteiger partial charge on any atom is -0.347 e. The van der Waals surface area contributed by atoms with E-state index in [9.17, 15) is 18.8 Å². The van der Waals surface area contributed by atoms with Gasteiger partial charge in [-0.3, -0.25) is 9.59 Å². The molecule has 2 aromatic carbocycles. The Balaban J connectivity index is 1.64. The molecule has 3 aromatic rings. The molecule has 0 aliphatic carbocycles. The van der Waals surface area contributed by atoms with Crippen LogP contribution in [-0.2, 0) is 4.84 Å². The van der Waals surface area contributed by atoms with Gasteiger partial charge in [0.05, 0.1) is 21.7 Å². The van der Waals surface area contributed by atoms with Crippen LogP contribution >= 0.6 is 11.6 Å². The summed E-state index contributed by atoms with van der Waals surface area (Å²) < 4.78 is 13.9. The number of nitrogens with zero attached hydrogens (tertiary/aromatic N) is 1. The van der Waals surface area contributed by atoms with Crippen LogP contribution in [0.4, 0.5) is 4.39 Å². The number of hydrogen-bond donors (Lipinski definition) is 1. The molecule has 0 atom stereocenters. The van der Waals surface area contributed by atoms with E-state index in [1.54, 1.807) is 12.1 Å². The maximum atomic E-state index is 13.9. The van der Waals surface area contributed by atoms with Crippen molar-refractivity contribution in [3.63, 3.8) is 0 Å². The summed E-state index contributed by atoms with van der Waals surface area (Å²) in [5, 5.41) is 0.688. The third-order valence-electron chi connectivity index (χ3n) is 3.84. The van der Waals surface area contributed by atoms with Gasteiger partial charge < -0.3 is 9.82 Å². The van der Waals surface area contributed by atoms with Crippen LogP contribution in [0.25, 0.3) is 10.9 Å². The van der Waals surface area contributed by atoms with Crippen molar-refractivity contribution in [1.82, 2.24) is 10.0 Å². The number of fused-ring (bicyclic) bond motifs is 2. The Kier molecular flexibility index (Phi) is 3.33. The molecule has 0 unspecified atom stereocenters. The first-order valence-electron chi connectivity index (χ1n) is 7.14. The number of carbonyl (C=O) groups excluding carboxylic acids is 3. The highest BCUT2D eigenvalue weighted by atomic mass is 35.5. The lowest BCUT2D eigenvalue weighted by atomic mass is 10.1. The molecule has 4 rings (SSSR count). The zero-order valence-corrected chi connectivity index (χ0v) is 13.1. The van der Waals surface area contributed by atoms with Gasteiger partial charge in [-0.15, -0.1) is 0 Å². The first-order valence-corrected chi connectivity index (χ1v) is 7.52. The second-order valence-electron chi connectivity index (χ2n) is 5.34. The summed E-state index contributed by atoms with van der Waals surface area (Å²) in [4.78, 5) is 44.1. The standard InChI is InChI=1S/C17H8ClFN2O4/c18-11-6-5-8-7-12(20-14(8)13(11)19)17(24)25-21-15(22)9-3-1-2-4-10(9)16(21)23/h1-7,20H. The van der Waals surface area contributed by atoms with Crippen LogP contribution in [0.1, 0.15) is 31.2 Å². The number of amides is 2. The summed E-state index contributed by atoms with van der Waals surface area (Å²) in [6.07, 6.45) is 0. The number of aromatic amines is 1. The lowest BCUT2D eigenvalue weighted by Gasteiger charge is -2.11. The molecule has 25 heavy (non-hydrogen) atoms. The fraction of sp³-hybridized carbons (Fsp3) is 0. The minimum absolute atomic E-state index is 0.0295. The number of halogens is 2. The van der Waals surface area contributed by atoms with E-state index in [0.717, 1.165) is 0 Å². The van der Waals surface area contributed by atoms with Gasteiger partial charge in [-0.05, 0) is 24.3 Å². The Morgan fingerprint density at radius 3 is 2.36 bits per heavy atom. The molecular formula is C17H8ClFN2O4. The zero-order chi connectivity index (χ0) is 17.7. The van der Waals surface area contributed by atoms with E-state index in [0.29, 0.717) is 10.4 Å². The Bertz CT molecular complexity index is 1040. The number of hydrogen-bond acceptors (Lipinski definition) is 4. The van der Waals surface area contributed by atoms with Crippen molar-refractivity contribution in [2.45, 2.75) is 0 Å². The summed E-state index contributed by atoms with van der Waals surface area (Å²) in [6.45, 7) is 0. The Morgan fingerprint density at radius 1 is 1.08 bits per heavy atom. The summed E-state index contributed by atoms with van der Waals surface area (Å²) in [5.74, 6) is -3.18. The maximum Gasteiger partial charge on any atom is 0.380 e. The summed E-state index contributed by atoms with van der Waals surface area (Å²) in [7, 11) is 0. The van der Waals surface area contributed by atoms with Gasteiger partial charge in [0.1, 0.15) is 5.69 Å². The molecule has 2 amide bonds. The molecule has 0 fully saturated rings. The Morgan fingerprint density at radius 2 is 1.72 bits per heavy atom. The fourth-order valence-corrected chi connectivity index (χ4v) is 2.79. The SMILES string of the molecule is O=C(ON1C(=O)c2ccccc2C1=O)c1cc2ccc(Cl)c(F)c2[nH]1. The molecule has 0 saturated carbocycles. The Labute approximate surface area is 144 Å². The maximum absolute atomic E-state index is 13.9. The summed E-state index contributed by atoms with van der Waals surface area (Å²) >= 11 is 5.70. The third kappa shape index (κ3) is 2.28. The lowest BCUT2D eigenvalue weighted by Crippen LogP contribution is -2.32. The largest absolute Gasteiger partial charge is 0.380 e. The predicted molar refractivity (Wildman–Crippen MR) is 85.6 cm³/mol. The van der Waals surface area contributed by atoms with E-state index in [1.165, 1.54) is 30.3 Å². The number of carbonyl (C=O) groups is 3. The molecule has 0 spiro atoms. The predicted octanol–water partition coefficient (Wildman–Crippen LogP) is 3.33. The van der Waals surface area contributed by atoms with Crippen LogP contribution in [0.2, 0.25) is 5.02 Å². The number of rotatable bonds is 2. The van der Waals surface area contributed by atoms with E-state index >= 15 is 0 Å². The van der Waals surface area contributed by atoms with Gasteiger partial charge in [0.25, 0.3) is 11.8 Å². The number of H-pyrrole nitrogens is 1. The number of nitrogens with one attached hydrogen (secondary N) is 1. The van der Waals surface area contributed by atoms with Crippen molar-refractivity contribution in [2.24, 2.45) is 0 Å². The molecule has 8 heteroatoms. The zero-order valence-electron chi connectivity index (χ0n) is 12.4. The molecule has 0 bridgehead atoms. The van der Waals surface area contributed by atoms with Gasteiger partial charge >= 0.3 is 5.97 Å². The van der Waals surface area contributed by atoms with Crippen LogP contribution in [-0.4, -0.2) is 27.8 Å². The first-order chi connectivity index (χ1) is 12.0.